The lowest BCUT2D eigenvalue weighted by Crippen LogP contribution is -2.58. The minimum Gasteiger partial charge on any atom is -0.296 e. The molecule has 0 aliphatic carbocycles. The van der Waals surface area contributed by atoms with Gasteiger partial charge in [-0.15, -0.1) is 9.24 Å². The maximum Gasteiger partial charge on any atom is 0.0158 e. The molecule has 0 amide bonds. The average molecular weight is 444 g/mol. The van der Waals surface area contributed by atoms with E-state index < -0.39 is 0 Å². The van der Waals surface area contributed by atoms with Gasteiger partial charge in [-0.3, -0.25) is 4.90 Å². The molecule has 0 N–H and O–H groups in total. The van der Waals surface area contributed by atoms with Gasteiger partial charge in [0.1, 0.15) is 0 Å². The van der Waals surface area contributed by atoms with Crippen molar-refractivity contribution in [3.63, 3.8) is 0 Å². The summed E-state index contributed by atoms with van der Waals surface area (Å²) in [6, 6.07) is 27.1. The van der Waals surface area contributed by atoms with Crippen LogP contribution in [0.5, 0.6) is 0 Å². The van der Waals surface area contributed by atoms with Gasteiger partial charge in [-0.05, 0) is 99.5 Å². The Balaban J connectivity index is 1.44. The van der Waals surface area contributed by atoms with Crippen LogP contribution in [-0.2, 0) is 12.6 Å². The number of piperidine rings is 1. The number of hydrogen-bond donors (Lipinski definition) is 0. The van der Waals surface area contributed by atoms with Gasteiger partial charge in [-0.2, -0.15) is 0 Å². The van der Waals surface area contributed by atoms with Crippen molar-refractivity contribution in [2.45, 2.75) is 64.2 Å². The highest BCUT2D eigenvalue weighted by molar-refractivity contribution is 7.15. The summed E-state index contributed by atoms with van der Waals surface area (Å²) >= 11 is 0. The van der Waals surface area contributed by atoms with Crippen LogP contribution in [0.1, 0.15) is 51.7 Å². The summed E-state index contributed by atoms with van der Waals surface area (Å²) in [5.41, 5.74) is 8.44. The van der Waals surface area contributed by atoms with E-state index in [1.165, 1.54) is 52.6 Å². The molecule has 1 saturated heterocycles. The molecule has 0 spiro atoms. The van der Waals surface area contributed by atoms with E-state index in [1.54, 1.807) is 0 Å². The molecule has 1 atom stereocenters. The second-order valence-corrected chi connectivity index (χ2v) is 11.2. The maximum absolute atomic E-state index is 2.78. The summed E-state index contributed by atoms with van der Waals surface area (Å²) in [4.78, 5) is 2.57. The standard InChI is InChI=1S/C30H38NP/c1-29(2)19-24(20-30(3,4)31(29)5)18-22-6-10-25(11-7-22)27-14-16-28(17-15-27)26-12-8-23(21-32)9-13-26/h6-17,24H,18-21,32H2,1-5H3. The topological polar surface area (TPSA) is 3.24 Å². The predicted octanol–water partition coefficient (Wildman–Crippen LogP) is 7.84. The Bertz CT molecular complexity index is 1010. The van der Waals surface area contributed by atoms with E-state index in [4.69, 9.17) is 0 Å². The van der Waals surface area contributed by atoms with E-state index in [9.17, 15) is 0 Å². The molecule has 1 aliphatic heterocycles. The second-order valence-electron chi connectivity index (χ2n) is 10.8. The lowest BCUT2D eigenvalue weighted by Gasteiger charge is -2.54. The van der Waals surface area contributed by atoms with Crippen LogP contribution in [0.25, 0.3) is 22.3 Å². The Morgan fingerprint density at radius 2 is 1.00 bits per heavy atom. The first-order valence-corrected chi connectivity index (χ1v) is 12.7. The zero-order chi connectivity index (χ0) is 22.9. The first kappa shape index (κ1) is 23.2. The van der Waals surface area contributed by atoms with Crippen LogP contribution in [0, 0.1) is 5.92 Å². The van der Waals surface area contributed by atoms with Crippen LogP contribution in [0.3, 0.4) is 0 Å². The third-order valence-corrected chi connectivity index (χ3v) is 8.08. The summed E-state index contributed by atoms with van der Waals surface area (Å²) in [5.74, 6) is 0.735. The van der Waals surface area contributed by atoms with Crippen LogP contribution in [0.15, 0.2) is 72.8 Å². The number of nitrogens with zero attached hydrogens (tertiary/aromatic N) is 1. The Labute approximate surface area is 197 Å². The van der Waals surface area contributed by atoms with Gasteiger partial charge >= 0.3 is 0 Å². The molecule has 2 heteroatoms. The van der Waals surface area contributed by atoms with Crippen LogP contribution in [0.2, 0.25) is 0 Å². The lowest BCUT2D eigenvalue weighted by molar-refractivity contribution is -0.0296. The normalized spacial score (nSPS) is 18.6. The van der Waals surface area contributed by atoms with Gasteiger partial charge in [0.05, 0.1) is 0 Å². The molecule has 0 aromatic heterocycles. The molecule has 1 fully saturated rings. The molecular formula is C30H38NP. The van der Waals surface area contributed by atoms with Gasteiger partial charge in [0, 0.05) is 11.1 Å². The molecule has 3 aromatic carbocycles. The maximum atomic E-state index is 2.78. The smallest absolute Gasteiger partial charge is 0.0158 e. The first-order valence-electron chi connectivity index (χ1n) is 11.9. The molecule has 1 nitrogen and oxygen atoms in total. The third-order valence-electron chi connectivity index (χ3n) is 7.61. The molecule has 32 heavy (non-hydrogen) atoms. The monoisotopic (exact) mass is 443 g/mol. The van der Waals surface area contributed by atoms with E-state index in [1.807, 2.05) is 0 Å². The van der Waals surface area contributed by atoms with Crippen LogP contribution in [-0.4, -0.2) is 23.0 Å². The number of benzene rings is 3. The van der Waals surface area contributed by atoms with Gasteiger partial charge in [0.25, 0.3) is 0 Å². The van der Waals surface area contributed by atoms with Gasteiger partial charge < -0.3 is 0 Å². The molecule has 0 saturated carbocycles. The van der Waals surface area contributed by atoms with Crippen molar-refractivity contribution in [1.82, 2.24) is 4.90 Å². The Kier molecular flexibility index (Phi) is 6.62. The van der Waals surface area contributed by atoms with Gasteiger partial charge in [-0.25, -0.2) is 0 Å². The highest BCUT2D eigenvalue weighted by Gasteiger charge is 2.42. The van der Waals surface area contributed by atoms with E-state index in [0.29, 0.717) is 0 Å². The summed E-state index contributed by atoms with van der Waals surface area (Å²) in [6.07, 6.45) is 4.69. The summed E-state index contributed by atoms with van der Waals surface area (Å²) < 4.78 is 0. The van der Waals surface area contributed by atoms with Crippen molar-refractivity contribution < 1.29 is 0 Å². The third kappa shape index (κ3) is 5.00. The Hall–Kier alpha value is -1.95. The van der Waals surface area contributed by atoms with Crippen molar-refractivity contribution in [2.24, 2.45) is 5.92 Å². The van der Waals surface area contributed by atoms with Crippen LogP contribution in [0.4, 0.5) is 0 Å². The predicted molar refractivity (Wildman–Crippen MR) is 143 cm³/mol. The molecule has 1 heterocycles. The minimum absolute atomic E-state index is 0.254. The number of likely N-dealkylation sites (tertiary alicyclic amines) is 1. The second kappa shape index (κ2) is 9.12. The van der Waals surface area contributed by atoms with Crippen LogP contribution < -0.4 is 0 Å². The minimum atomic E-state index is 0.254. The summed E-state index contributed by atoms with van der Waals surface area (Å²) in [7, 11) is 5.07. The van der Waals surface area contributed by atoms with E-state index in [-0.39, 0.29) is 11.1 Å². The van der Waals surface area contributed by atoms with E-state index in [2.05, 4.69) is 122 Å². The highest BCUT2D eigenvalue weighted by atomic mass is 31.0. The SMILES string of the molecule is CN1C(C)(C)CC(Cc2ccc(-c3ccc(-c4ccc(CP)cc4)cc3)cc2)CC1(C)C. The van der Waals surface area contributed by atoms with Crippen molar-refractivity contribution in [3.8, 4) is 22.3 Å². The number of hydrogen-bond acceptors (Lipinski definition) is 1. The molecule has 168 valence electrons. The Morgan fingerprint density at radius 3 is 1.38 bits per heavy atom. The van der Waals surface area contributed by atoms with Crippen molar-refractivity contribution in [3.05, 3.63) is 83.9 Å². The average Bonchev–Trinajstić information content (AvgIpc) is 2.78. The molecule has 4 rings (SSSR count). The zero-order valence-electron chi connectivity index (χ0n) is 20.4. The fourth-order valence-corrected chi connectivity index (χ4v) is 5.85. The van der Waals surface area contributed by atoms with Crippen molar-refractivity contribution >= 4 is 9.24 Å². The van der Waals surface area contributed by atoms with E-state index in [0.717, 1.165) is 12.1 Å². The quantitative estimate of drug-likeness (QED) is 0.363. The fraction of sp³-hybridized carbons (Fsp3) is 0.400. The Morgan fingerprint density at radius 1 is 0.656 bits per heavy atom. The van der Waals surface area contributed by atoms with Crippen molar-refractivity contribution in [1.29, 1.82) is 0 Å². The zero-order valence-corrected chi connectivity index (χ0v) is 21.5. The molecule has 3 aromatic rings. The molecule has 1 unspecified atom stereocenters. The number of rotatable bonds is 5. The van der Waals surface area contributed by atoms with Crippen molar-refractivity contribution in [2.75, 3.05) is 7.05 Å². The lowest BCUT2D eigenvalue weighted by atomic mass is 9.72. The summed E-state index contributed by atoms with van der Waals surface area (Å²) in [5, 5.41) is 0. The van der Waals surface area contributed by atoms with Gasteiger partial charge in [0.15, 0.2) is 0 Å². The van der Waals surface area contributed by atoms with Gasteiger partial charge in [-0.1, -0.05) is 72.8 Å². The molecule has 0 radical (unpaired) electrons. The highest BCUT2D eigenvalue weighted by Crippen LogP contribution is 2.41. The molecule has 1 aliphatic rings. The van der Waals surface area contributed by atoms with E-state index >= 15 is 0 Å². The largest absolute Gasteiger partial charge is 0.296 e. The molecular weight excluding hydrogens is 405 g/mol. The first-order chi connectivity index (χ1) is 15.2. The van der Waals surface area contributed by atoms with Gasteiger partial charge in [0.2, 0.25) is 0 Å². The van der Waals surface area contributed by atoms with Crippen LogP contribution >= 0.6 is 9.24 Å². The fourth-order valence-electron chi connectivity index (χ4n) is 5.58. The molecule has 0 bridgehead atoms. The summed E-state index contributed by atoms with van der Waals surface area (Å²) in [6.45, 7) is 9.58.